The van der Waals surface area contributed by atoms with Crippen molar-refractivity contribution in [2.75, 3.05) is 0 Å². The van der Waals surface area contributed by atoms with Crippen molar-refractivity contribution >= 4 is 54.8 Å². The number of benzene rings is 6. The van der Waals surface area contributed by atoms with Crippen LogP contribution in [0.25, 0.3) is 88.7 Å². The van der Waals surface area contributed by atoms with Crippen LogP contribution in [0.5, 0.6) is 0 Å². The van der Waals surface area contributed by atoms with Crippen molar-refractivity contribution in [3.63, 3.8) is 0 Å². The molecule has 4 heterocycles. The molecule has 0 amide bonds. The SMILES string of the molecule is c1ccc2c(c1)nc(-c1cncnc1)n2-c1ccc(-n2c3ccccc3c3cc(-c4cccc5c4oc4ccccc45)ccc32)cc1. The van der Waals surface area contributed by atoms with Gasteiger partial charge < -0.3 is 8.98 Å². The van der Waals surface area contributed by atoms with Crippen LogP contribution < -0.4 is 0 Å². The van der Waals surface area contributed by atoms with Crippen LogP contribution in [-0.2, 0) is 0 Å². The Balaban J connectivity index is 1.13. The summed E-state index contributed by atoms with van der Waals surface area (Å²) < 4.78 is 10.9. The van der Waals surface area contributed by atoms with Crippen LogP contribution in [0.4, 0.5) is 0 Å². The van der Waals surface area contributed by atoms with Gasteiger partial charge in [-0.1, -0.05) is 72.8 Å². The third-order valence-electron chi connectivity index (χ3n) is 9.13. The molecule has 6 nitrogen and oxygen atoms in total. The van der Waals surface area contributed by atoms with Gasteiger partial charge in [-0.2, -0.15) is 0 Å². The van der Waals surface area contributed by atoms with E-state index in [4.69, 9.17) is 9.40 Å². The molecule has 220 valence electrons. The predicted octanol–water partition coefficient (Wildman–Crippen LogP) is 10.1. The molecule has 10 rings (SSSR count). The number of imidazole rings is 1. The molecule has 6 aromatic carbocycles. The monoisotopic (exact) mass is 603 g/mol. The average Bonchev–Trinajstić information content (AvgIpc) is 3.82. The van der Waals surface area contributed by atoms with Gasteiger partial charge in [0.15, 0.2) is 0 Å². The van der Waals surface area contributed by atoms with Gasteiger partial charge in [-0.25, -0.2) is 15.0 Å². The van der Waals surface area contributed by atoms with Crippen LogP contribution in [0.15, 0.2) is 157 Å². The van der Waals surface area contributed by atoms with Crippen molar-refractivity contribution in [3.8, 4) is 33.9 Å². The standard InChI is InChI=1S/C41H25N5O/c1-4-13-36-31(8-1)34-22-26(30-10-7-11-33-32-9-2-6-15-39(32)47-40(30)33)16-21-37(34)45(36)28-17-19-29(20-18-28)46-38-14-5-3-12-35(38)44-41(46)27-23-42-25-43-24-27/h1-25H. The lowest BCUT2D eigenvalue weighted by Crippen LogP contribution is -2.00. The molecule has 0 aliphatic rings. The molecule has 0 bridgehead atoms. The molecule has 0 N–H and O–H groups in total. The summed E-state index contributed by atoms with van der Waals surface area (Å²) in [7, 11) is 0. The number of para-hydroxylation sites is 5. The molecule has 47 heavy (non-hydrogen) atoms. The summed E-state index contributed by atoms with van der Waals surface area (Å²) in [4.78, 5) is 13.4. The van der Waals surface area contributed by atoms with E-state index < -0.39 is 0 Å². The first kappa shape index (κ1) is 25.8. The van der Waals surface area contributed by atoms with E-state index in [0.29, 0.717) is 0 Å². The van der Waals surface area contributed by atoms with E-state index in [1.807, 2.05) is 30.3 Å². The van der Waals surface area contributed by atoms with Gasteiger partial charge in [0.05, 0.1) is 27.6 Å². The molecule has 0 unspecified atom stereocenters. The summed E-state index contributed by atoms with van der Waals surface area (Å²) >= 11 is 0. The smallest absolute Gasteiger partial charge is 0.148 e. The maximum atomic E-state index is 6.40. The molecule has 10 aromatic rings. The highest BCUT2D eigenvalue weighted by Crippen LogP contribution is 2.39. The summed E-state index contributed by atoms with van der Waals surface area (Å²) in [6, 6.07) is 46.9. The molecule has 0 aliphatic heterocycles. The normalized spacial score (nSPS) is 11.8. The second-order valence-corrected chi connectivity index (χ2v) is 11.8. The van der Waals surface area contributed by atoms with E-state index in [-0.39, 0.29) is 0 Å². The second kappa shape index (κ2) is 9.99. The third kappa shape index (κ3) is 3.88. The van der Waals surface area contributed by atoms with Crippen molar-refractivity contribution < 1.29 is 4.42 Å². The number of rotatable bonds is 4. The van der Waals surface area contributed by atoms with E-state index in [9.17, 15) is 0 Å². The lowest BCUT2D eigenvalue weighted by atomic mass is 10.0. The summed E-state index contributed by atoms with van der Waals surface area (Å²) in [5.74, 6) is 0.809. The molecule has 6 heteroatoms. The van der Waals surface area contributed by atoms with Crippen molar-refractivity contribution in [3.05, 3.63) is 152 Å². The van der Waals surface area contributed by atoms with Crippen LogP contribution in [0, 0.1) is 0 Å². The van der Waals surface area contributed by atoms with E-state index in [2.05, 4.69) is 122 Å². The summed E-state index contributed by atoms with van der Waals surface area (Å²) in [5, 5.41) is 4.67. The fourth-order valence-electron chi connectivity index (χ4n) is 7.04. The molecule has 4 aromatic heterocycles. The number of fused-ring (bicyclic) bond motifs is 7. The Kier molecular flexibility index (Phi) is 5.48. The van der Waals surface area contributed by atoms with E-state index in [1.165, 1.54) is 10.8 Å². The van der Waals surface area contributed by atoms with Crippen molar-refractivity contribution in [1.29, 1.82) is 0 Å². The average molecular weight is 604 g/mol. The highest BCUT2D eigenvalue weighted by atomic mass is 16.3. The molecular weight excluding hydrogens is 578 g/mol. The predicted molar refractivity (Wildman–Crippen MR) is 189 cm³/mol. The van der Waals surface area contributed by atoms with Gasteiger partial charge in [0.2, 0.25) is 0 Å². The molecular formula is C41H25N5O. The number of hydrogen-bond acceptors (Lipinski definition) is 4. The minimum atomic E-state index is 0.809. The summed E-state index contributed by atoms with van der Waals surface area (Å²) in [5.41, 5.74) is 11.3. The van der Waals surface area contributed by atoms with Gasteiger partial charge in [-0.15, -0.1) is 0 Å². The molecule has 0 atom stereocenters. The number of hydrogen-bond donors (Lipinski definition) is 0. The molecule has 0 saturated heterocycles. The number of aromatic nitrogens is 5. The summed E-state index contributed by atoms with van der Waals surface area (Å²) in [6.07, 6.45) is 5.15. The molecule has 0 spiro atoms. The topological polar surface area (TPSA) is 61.7 Å². The third-order valence-corrected chi connectivity index (χ3v) is 9.13. The Bertz CT molecular complexity index is 2790. The molecule has 0 aliphatic carbocycles. The highest BCUT2D eigenvalue weighted by molar-refractivity contribution is 6.13. The summed E-state index contributed by atoms with van der Waals surface area (Å²) in [6.45, 7) is 0. The first-order valence-corrected chi connectivity index (χ1v) is 15.6. The van der Waals surface area contributed by atoms with Crippen molar-refractivity contribution in [1.82, 2.24) is 24.1 Å². The largest absolute Gasteiger partial charge is 0.455 e. The Morgan fingerprint density at radius 3 is 2.02 bits per heavy atom. The van der Waals surface area contributed by atoms with Crippen LogP contribution >= 0.6 is 0 Å². The minimum absolute atomic E-state index is 0.809. The van der Waals surface area contributed by atoms with Crippen LogP contribution in [0.2, 0.25) is 0 Å². The van der Waals surface area contributed by atoms with Gasteiger partial charge in [0.25, 0.3) is 0 Å². The van der Waals surface area contributed by atoms with E-state index in [1.54, 1.807) is 18.7 Å². The zero-order chi connectivity index (χ0) is 30.9. The zero-order valence-electron chi connectivity index (χ0n) is 25.1. The fraction of sp³-hybridized carbons (Fsp3) is 0. The van der Waals surface area contributed by atoms with Crippen LogP contribution in [-0.4, -0.2) is 24.1 Å². The van der Waals surface area contributed by atoms with Crippen molar-refractivity contribution in [2.24, 2.45) is 0 Å². The van der Waals surface area contributed by atoms with Gasteiger partial charge in [0, 0.05) is 50.9 Å². The van der Waals surface area contributed by atoms with E-state index >= 15 is 0 Å². The first-order valence-electron chi connectivity index (χ1n) is 15.6. The maximum absolute atomic E-state index is 6.40. The van der Waals surface area contributed by atoms with Crippen LogP contribution in [0.1, 0.15) is 0 Å². The van der Waals surface area contributed by atoms with Gasteiger partial charge in [-0.05, 0) is 66.2 Å². The highest BCUT2D eigenvalue weighted by Gasteiger charge is 2.18. The van der Waals surface area contributed by atoms with Gasteiger partial charge in [0.1, 0.15) is 23.3 Å². The number of nitrogens with zero attached hydrogens (tertiary/aromatic N) is 5. The Labute approximate surface area is 268 Å². The lowest BCUT2D eigenvalue weighted by Gasteiger charge is -2.12. The minimum Gasteiger partial charge on any atom is -0.455 e. The van der Waals surface area contributed by atoms with E-state index in [0.717, 1.165) is 77.9 Å². The molecule has 0 fully saturated rings. The fourth-order valence-corrected chi connectivity index (χ4v) is 7.04. The van der Waals surface area contributed by atoms with Crippen LogP contribution in [0.3, 0.4) is 0 Å². The van der Waals surface area contributed by atoms with Gasteiger partial charge >= 0.3 is 0 Å². The Morgan fingerprint density at radius 1 is 0.489 bits per heavy atom. The first-order chi connectivity index (χ1) is 23.3. The zero-order valence-corrected chi connectivity index (χ0v) is 25.1. The van der Waals surface area contributed by atoms with Crippen molar-refractivity contribution in [2.45, 2.75) is 0 Å². The van der Waals surface area contributed by atoms with Gasteiger partial charge in [-0.3, -0.25) is 4.57 Å². The number of furan rings is 1. The Hall–Kier alpha value is -6.53. The second-order valence-electron chi connectivity index (χ2n) is 11.8. The quantitative estimate of drug-likeness (QED) is 0.201. The Morgan fingerprint density at radius 2 is 1.17 bits per heavy atom. The lowest BCUT2D eigenvalue weighted by molar-refractivity contribution is 0.670. The maximum Gasteiger partial charge on any atom is 0.148 e. The molecule has 0 saturated carbocycles. The molecule has 0 radical (unpaired) electrons.